The Bertz CT molecular complexity index is 492. The van der Waals surface area contributed by atoms with E-state index in [4.69, 9.17) is 0 Å². The van der Waals surface area contributed by atoms with Crippen molar-refractivity contribution >= 4 is 22.3 Å². The summed E-state index contributed by atoms with van der Waals surface area (Å²) in [5.41, 5.74) is 0. The first kappa shape index (κ1) is 21.0. The average Bonchev–Trinajstić information content (AvgIpc) is 3.18. The fraction of sp³-hybridized carbons (Fsp3) is 0.750. The lowest BCUT2D eigenvalue weighted by Gasteiger charge is -2.33. The number of aliphatic imine (C=N–C) groups is 1. The highest BCUT2D eigenvalue weighted by atomic mass is 32.1. The molecule has 2 heterocycles. The molecule has 2 N–H and O–H groups in total. The van der Waals surface area contributed by atoms with Gasteiger partial charge in [0.25, 0.3) is 0 Å². The van der Waals surface area contributed by atoms with E-state index in [-0.39, 0.29) is 0 Å². The number of nitrogens with one attached hydrogen (secondary N) is 2. The van der Waals surface area contributed by atoms with Crippen LogP contribution in [-0.2, 0) is 0 Å². The number of piperidine rings is 1. The lowest BCUT2D eigenvalue weighted by molar-refractivity contribution is 0.389. The Kier molecular flexibility index (Phi) is 9.85. The van der Waals surface area contributed by atoms with Gasteiger partial charge in [-0.3, -0.25) is 4.99 Å². The molecular formula is C20H37N5S. The van der Waals surface area contributed by atoms with Crippen LogP contribution in [0, 0.1) is 0 Å². The third kappa shape index (κ3) is 7.96. The van der Waals surface area contributed by atoms with Gasteiger partial charge in [-0.1, -0.05) is 19.3 Å². The first-order valence-corrected chi connectivity index (χ1v) is 11.0. The molecule has 0 aromatic carbocycles. The van der Waals surface area contributed by atoms with Gasteiger partial charge in [-0.25, -0.2) is 0 Å². The first-order chi connectivity index (χ1) is 12.7. The Labute approximate surface area is 163 Å². The number of guanidine groups is 1. The Morgan fingerprint density at radius 1 is 1.19 bits per heavy atom. The largest absolute Gasteiger partial charge is 0.363 e. The molecule has 2 rings (SSSR count). The molecule has 1 saturated heterocycles. The zero-order valence-corrected chi connectivity index (χ0v) is 17.7. The average molecular weight is 380 g/mol. The van der Waals surface area contributed by atoms with Crippen LogP contribution in [-0.4, -0.2) is 64.2 Å². The Morgan fingerprint density at radius 2 is 1.92 bits per heavy atom. The lowest BCUT2D eigenvalue weighted by atomic mass is 10.1. The van der Waals surface area contributed by atoms with Gasteiger partial charge in [-0.05, 0) is 63.8 Å². The van der Waals surface area contributed by atoms with Crippen LogP contribution in [0.15, 0.2) is 22.5 Å². The highest BCUT2D eigenvalue weighted by Gasteiger charge is 2.20. The van der Waals surface area contributed by atoms with Gasteiger partial charge in [0, 0.05) is 32.7 Å². The maximum Gasteiger partial charge on any atom is 0.191 e. The van der Waals surface area contributed by atoms with Crippen molar-refractivity contribution in [2.75, 3.05) is 52.2 Å². The minimum atomic E-state index is 0.531. The molecule has 148 valence electrons. The van der Waals surface area contributed by atoms with Crippen LogP contribution in [0.25, 0.3) is 0 Å². The lowest BCUT2D eigenvalue weighted by Crippen LogP contribution is -2.48. The van der Waals surface area contributed by atoms with Crippen LogP contribution in [0.1, 0.15) is 44.9 Å². The molecule has 1 aromatic rings. The Balaban J connectivity index is 1.53. The quantitative estimate of drug-likeness (QED) is 0.371. The summed E-state index contributed by atoms with van der Waals surface area (Å²) in [6, 6.07) is 4.89. The van der Waals surface area contributed by atoms with Crippen LogP contribution in [0.4, 0.5) is 5.00 Å². The highest BCUT2D eigenvalue weighted by Crippen LogP contribution is 2.24. The van der Waals surface area contributed by atoms with Gasteiger partial charge in [0.05, 0.1) is 5.00 Å². The predicted molar refractivity (Wildman–Crippen MR) is 116 cm³/mol. The number of hydrogen-bond acceptors (Lipinski definition) is 4. The maximum absolute atomic E-state index is 4.40. The summed E-state index contributed by atoms with van der Waals surface area (Å²) in [7, 11) is 6.17. The van der Waals surface area contributed by atoms with E-state index in [0.717, 1.165) is 25.6 Å². The molecule has 0 saturated carbocycles. The smallest absolute Gasteiger partial charge is 0.191 e. The summed E-state index contributed by atoms with van der Waals surface area (Å²) < 4.78 is 0. The standard InChI is InChI=1S/C20H37N5S/c1-21-20(22-13-7-5-4-6-8-14-24(2)3)23-18-11-15-25(16-12-18)19-10-9-17-26-19/h9-10,17-18H,4-8,11-16H2,1-3H3,(H2,21,22,23). The minimum Gasteiger partial charge on any atom is -0.363 e. The van der Waals surface area contributed by atoms with Crippen LogP contribution in [0.5, 0.6) is 0 Å². The summed E-state index contributed by atoms with van der Waals surface area (Å²) in [5, 5.41) is 10.6. The van der Waals surface area contributed by atoms with Gasteiger partial charge in [0.15, 0.2) is 5.96 Å². The van der Waals surface area contributed by atoms with E-state index in [1.54, 1.807) is 0 Å². The summed E-state index contributed by atoms with van der Waals surface area (Å²) in [5.74, 6) is 0.965. The number of unbranched alkanes of at least 4 members (excludes halogenated alkanes) is 4. The van der Waals surface area contributed by atoms with Crippen molar-refractivity contribution in [2.45, 2.75) is 51.0 Å². The second-order valence-electron chi connectivity index (χ2n) is 7.43. The molecule has 26 heavy (non-hydrogen) atoms. The third-order valence-electron chi connectivity index (χ3n) is 4.95. The van der Waals surface area contributed by atoms with Crippen LogP contribution in [0.2, 0.25) is 0 Å². The second kappa shape index (κ2) is 12.2. The van der Waals surface area contributed by atoms with E-state index in [0.29, 0.717) is 6.04 Å². The molecule has 5 nitrogen and oxygen atoms in total. The molecule has 0 amide bonds. The van der Waals surface area contributed by atoms with Crippen LogP contribution >= 0.6 is 11.3 Å². The monoisotopic (exact) mass is 379 g/mol. The molecule has 0 radical (unpaired) electrons. The van der Waals surface area contributed by atoms with Crippen molar-refractivity contribution in [1.29, 1.82) is 0 Å². The fourth-order valence-electron chi connectivity index (χ4n) is 3.37. The van der Waals surface area contributed by atoms with Gasteiger partial charge < -0.3 is 20.4 Å². The van der Waals surface area contributed by atoms with E-state index in [2.05, 4.69) is 57.0 Å². The van der Waals surface area contributed by atoms with E-state index in [1.807, 2.05) is 18.4 Å². The SMILES string of the molecule is CN=C(NCCCCCCCN(C)C)NC1CCN(c2cccs2)CC1. The first-order valence-electron chi connectivity index (χ1n) is 10.1. The maximum atomic E-state index is 4.40. The van der Waals surface area contributed by atoms with Crippen molar-refractivity contribution in [3.63, 3.8) is 0 Å². The van der Waals surface area contributed by atoms with E-state index in [1.165, 1.54) is 56.5 Å². The molecule has 0 aliphatic carbocycles. The molecule has 0 spiro atoms. The molecule has 0 unspecified atom stereocenters. The van der Waals surface area contributed by atoms with Gasteiger partial charge in [-0.2, -0.15) is 0 Å². The van der Waals surface area contributed by atoms with Crippen molar-refractivity contribution < 1.29 is 0 Å². The normalized spacial score (nSPS) is 16.3. The van der Waals surface area contributed by atoms with Gasteiger partial charge in [0.1, 0.15) is 0 Å². The molecule has 1 fully saturated rings. The Hall–Kier alpha value is -1.27. The third-order valence-corrected chi connectivity index (χ3v) is 5.88. The van der Waals surface area contributed by atoms with E-state index in [9.17, 15) is 0 Å². The molecule has 6 heteroatoms. The summed E-state index contributed by atoms with van der Waals surface area (Å²) >= 11 is 1.84. The molecule has 1 aliphatic heterocycles. The molecule has 1 aliphatic rings. The van der Waals surface area contributed by atoms with Crippen LogP contribution in [0.3, 0.4) is 0 Å². The molecule has 1 aromatic heterocycles. The van der Waals surface area contributed by atoms with Crippen molar-refractivity contribution in [3.05, 3.63) is 17.5 Å². The molecule has 0 atom stereocenters. The summed E-state index contributed by atoms with van der Waals surface area (Å²) in [6.45, 7) is 4.48. The number of thiophene rings is 1. The van der Waals surface area contributed by atoms with E-state index < -0.39 is 0 Å². The molecular weight excluding hydrogens is 342 g/mol. The van der Waals surface area contributed by atoms with E-state index >= 15 is 0 Å². The minimum absolute atomic E-state index is 0.531. The number of anilines is 1. The topological polar surface area (TPSA) is 42.9 Å². The van der Waals surface area contributed by atoms with Crippen molar-refractivity contribution in [3.8, 4) is 0 Å². The number of rotatable bonds is 10. The fourth-order valence-corrected chi connectivity index (χ4v) is 4.16. The van der Waals surface area contributed by atoms with Gasteiger partial charge >= 0.3 is 0 Å². The highest BCUT2D eigenvalue weighted by molar-refractivity contribution is 7.14. The molecule has 0 bridgehead atoms. The van der Waals surface area contributed by atoms with Crippen LogP contribution < -0.4 is 15.5 Å². The second-order valence-corrected chi connectivity index (χ2v) is 8.35. The zero-order valence-electron chi connectivity index (χ0n) is 16.8. The Morgan fingerprint density at radius 3 is 2.58 bits per heavy atom. The van der Waals surface area contributed by atoms with Crippen molar-refractivity contribution in [2.24, 2.45) is 4.99 Å². The summed E-state index contributed by atoms with van der Waals surface area (Å²) in [4.78, 5) is 9.16. The van der Waals surface area contributed by atoms with Gasteiger partial charge in [-0.15, -0.1) is 11.3 Å². The zero-order chi connectivity index (χ0) is 18.6. The number of nitrogens with zero attached hydrogens (tertiary/aromatic N) is 3. The van der Waals surface area contributed by atoms with Crippen molar-refractivity contribution in [1.82, 2.24) is 15.5 Å². The van der Waals surface area contributed by atoms with Gasteiger partial charge in [0.2, 0.25) is 0 Å². The summed E-state index contributed by atoms with van der Waals surface area (Å²) in [6.07, 6.45) is 8.86. The number of hydrogen-bond donors (Lipinski definition) is 2. The predicted octanol–water partition coefficient (Wildman–Crippen LogP) is 3.39.